The number of carbonyl (C=O) groups excluding carboxylic acids is 1. The van der Waals surface area contributed by atoms with Crippen LogP contribution in [0.25, 0.3) is 0 Å². The first-order valence-corrected chi connectivity index (χ1v) is 4.07. The lowest BCUT2D eigenvalue weighted by atomic mass is 10.2. The molecule has 0 bridgehead atoms. The fraction of sp³-hybridized carbons (Fsp3) is 0.444. The number of aryl methyl sites for hydroxylation is 1. The Morgan fingerprint density at radius 1 is 1.77 bits per heavy atom. The maximum atomic E-state index is 11.0. The zero-order valence-electron chi connectivity index (χ0n) is 7.74. The molecule has 13 heavy (non-hydrogen) atoms. The number of nitriles is 1. The molecule has 0 spiro atoms. The summed E-state index contributed by atoms with van der Waals surface area (Å²) < 4.78 is 1.68. The minimum Gasteiger partial charge on any atom is -0.294 e. The van der Waals surface area contributed by atoms with Crippen molar-refractivity contribution in [3.05, 3.63) is 17.5 Å². The molecule has 0 aromatic carbocycles. The molecule has 4 nitrogen and oxygen atoms in total. The van der Waals surface area contributed by atoms with Gasteiger partial charge in [0.15, 0.2) is 5.78 Å². The van der Waals surface area contributed by atoms with Crippen LogP contribution >= 0.6 is 0 Å². The van der Waals surface area contributed by atoms with Crippen molar-refractivity contribution >= 4 is 5.78 Å². The van der Waals surface area contributed by atoms with Gasteiger partial charge in [-0.25, -0.2) is 0 Å². The smallest absolute Gasteiger partial charge is 0.163 e. The van der Waals surface area contributed by atoms with Gasteiger partial charge in [-0.1, -0.05) is 0 Å². The van der Waals surface area contributed by atoms with Crippen molar-refractivity contribution in [2.24, 2.45) is 0 Å². The van der Waals surface area contributed by atoms with Crippen molar-refractivity contribution in [1.29, 1.82) is 5.26 Å². The van der Waals surface area contributed by atoms with Gasteiger partial charge in [-0.05, 0) is 13.8 Å². The molecule has 0 atom stereocenters. The topological polar surface area (TPSA) is 58.7 Å². The number of rotatable bonds is 3. The van der Waals surface area contributed by atoms with E-state index in [2.05, 4.69) is 5.10 Å². The second kappa shape index (κ2) is 3.85. The lowest BCUT2D eigenvalue weighted by Crippen LogP contribution is -2.03. The Kier molecular flexibility index (Phi) is 2.80. The minimum atomic E-state index is 0.0145. The highest BCUT2D eigenvalue weighted by atomic mass is 16.1. The zero-order valence-corrected chi connectivity index (χ0v) is 7.74. The van der Waals surface area contributed by atoms with Crippen molar-refractivity contribution in [1.82, 2.24) is 9.78 Å². The zero-order chi connectivity index (χ0) is 9.84. The second-order valence-corrected chi connectivity index (χ2v) is 2.83. The molecule has 4 heteroatoms. The van der Waals surface area contributed by atoms with E-state index >= 15 is 0 Å². The molecule has 1 rings (SSSR count). The fourth-order valence-corrected chi connectivity index (χ4v) is 1.17. The van der Waals surface area contributed by atoms with E-state index in [9.17, 15) is 4.79 Å². The van der Waals surface area contributed by atoms with Gasteiger partial charge < -0.3 is 0 Å². The molecule has 0 saturated heterocycles. The maximum absolute atomic E-state index is 11.0. The quantitative estimate of drug-likeness (QED) is 0.654. The van der Waals surface area contributed by atoms with Gasteiger partial charge >= 0.3 is 0 Å². The van der Waals surface area contributed by atoms with Gasteiger partial charge in [-0.15, -0.1) is 0 Å². The van der Waals surface area contributed by atoms with Crippen LogP contribution in [0, 0.1) is 18.3 Å². The van der Waals surface area contributed by atoms with Crippen molar-refractivity contribution < 1.29 is 4.79 Å². The minimum absolute atomic E-state index is 0.0145. The first kappa shape index (κ1) is 9.46. The number of carbonyl (C=O) groups is 1. The third-order valence-electron chi connectivity index (χ3n) is 1.92. The molecule has 1 aromatic rings. The van der Waals surface area contributed by atoms with E-state index in [4.69, 9.17) is 5.26 Å². The highest BCUT2D eigenvalue weighted by molar-refractivity contribution is 5.94. The van der Waals surface area contributed by atoms with Gasteiger partial charge in [-0.3, -0.25) is 9.48 Å². The maximum Gasteiger partial charge on any atom is 0.163 e. The summed E-state index contributed by atoms with van der Waals surface area (Å²) in [5, 5.41) is 12.4. The van der Waals surface area contributed by atoms with Gasteiger partial charge in [-0.2, -0.15) is 10.4 Å². The molecule has 0 aliphatic heterocycles. The van der Waals surface area contributed by atoms with E-state index in [0.717, 1.165) is 5.69 Å². The predicted molar refractivity (Wildman–Crippen MR) is 47.2 cm³/mol. The fourth-order valence-electron chi connectivity index (χ4n) is 1.17. The lowest BCUT2D eigenvalue weighted by Gasteiger charge is -2.00. The van der Waals surface area contributed by atoms with E-state index < -0.39 is 0 Å². The lowest BCUT2D eigenvalue weighted by molar-refractivity contribution is 0.101. The molecular weight excluding hydrogens is 166 g/mol. The van der Waals surface area contributed by atoms with Gasteiger partial charge in [0.25, 0.3) is 0 Å². The van der Waals surface area contributed by atoms with Gasteiger partial charge in [0.2, 0.25) is 0 Å². The predicted octanol–water partition coefficient (Wildman–Crippen LogP) is 1.31. The van der Waals surface area contributed by atoms with Gasteiger partial charge in [0.05, 0.1) is 30.8 Å². The van der Waals surface area contributed by atoms with Crippen LogP contribution in [-0.4, -0.2) is 15.6 Å². The molecule has 0 N–H and O–H groups in total. The Morgan fingerprint density at radius 3 is 2.92 bits per heavy atom. The molecule has 0 radical (unpaired) electrons. The van der Waals surface area contributed by atoms with Crippen molar-refractivity contribution in [3.63, 3.8) is 0 Å². The van der Waals surface area contributed by atoms with Crippen molar-refractivity contribution in [2.75, 3.05) is 0 Å². The van der Waals surface area contributed by atoms with E-state index in [1.54, 1.807) is 10.9 Å². The van der Waals surface area contributed by atoms with Crippen LogP contribution in [0.3, 0.4) is 0 Å². The molecule has 0 aliphatic carbocycles. The summed E-state index contributed by atoms with van der Waals surface area (Å²) in [6, 6.07) is 2.04. The third-order valence-corrected chi connectivity index (χ3v) is 1.92. The Hall–Kier alpha value is -1.63. The highest BCUT2D eigenvalue weighted by Crippen LogP contribution is 2.07. The average molecular weight is 177 g/mol. The number of Topliss-reactive ketones (excluding diaryl/α,β-unsaturated/α-hetero) is 1. The third kappa shape index (κ3) is 1.94. The molecule has 1 aromatic heterocycles. The van der Waals surface area contributed by atoms with Crippen LogP contribution in [0.5, 0.6) is 0 Å². The van der Waals surface area contributed by atoms with Crippen LogP contribution in [0.15, 0.2) is 6.20 Å². The molecule has 0 saturated carbocycles. The molecule has 1 heterocycles. The van der Waals surface area contributed by atoms with Crippen LogP contribution < -0.4 is 0 Å². The first-order chi connectivity index (χ1) is 6.16. The van der Waals surface area contributed by atoms with Crippen LogP contribution in [-0.2, 0) is 6.54 Å². The SMILES string of the molecule is CC(=O)c1cnn(CCC#N)c1C. The molecular formula is C9H11N3O. The van der Waals surface area contributed by atoms with Crippen LogP contribution in [0.1, 0.15) is 29.4 Å². The van der Waals surface area contributed by atoms with Gasteiger partial charge in [0, 0.05) is 5.69 Å². The summed E-state index contributed by atoms with van der Waals surface area (Å²) in [5.74, 6) is 0.0145. The average Bonchev–Trinajstić information content (AvgIpc) is 2.43. The molecule has 68 valence electrons. The number of ketones is 1. The van der Waals surface area contributed by atoms with Crippen LogP contribution in [0.2, 0.25) is 0 Å². The number of hydrogen-bond acceptors (Lipinski definition) is 3. The van der Waals surface area contributed by atoms with Gasteiger partial charge in [0.1, 0.15) is 0 Å². The summed E-state index contributed by atoms with van der Waals surface area (Å²) in [5.41, 5.74) is 1.47. The van der Waals surface area contributed by atoms with E-state index in [-0.39, 0.29) is 5.78 Å². The largest absolute Gasteiger partial charge is 0.294 e. The molecule has 0 unspecified atom stereocenters. The Bertz CT molecular complexity index is 359. The standard InChI is InChI=1S/C9H11N3O/c1-7-9(8(2)13)6-11-12(7)5-3-4-10/h6H,3,5H2,1-2H3. The molecule has 0 fully saturated rings. The Morgan fingerprint density at radius 2 is 2.46 bits per heavy atom. The first-order valence-electron chi connectivity index (χ1n) is 4.07. The highest BCUT2D eigenvalue weighted by Gasteiger charge is 2.09. The van der Waals surface area contributed by atoms with E-state index in [1.165, 1.54) is 6.92 Å². The second-order valence-electron chi connectivity index (χ2n) is 2.83. The summed E-state index contributed by atoms with van der Waals surface area (Å²) in [7, 11) is 0. The van der Waals surface area contributed by atoms with E-state index in [0.29, 0.717) is 18.5 Å². The summed E-state index contributed by atoms with van der Waals surface area (Å²) in [6.45, 7) is 3.90. The summed E-state index contributed by atoms with van der Waals surface area (Å²) in [4.78, 5) is 11.0. The van der Waals surface area contributed by atoms with Crippen LogP contribution in [0.4, 0.5) is 0 Å². The number of aromatic nitrogens is 2. The summed E-state index contributed by atoms with van der Waals surface area (Å²) >= 11 is 0. The molecule has 0 aliphatic rings. The molecule has 0 amide bonds. The Labute approximate surface area is 76.8 Å². The summed E-state index contributed by atoms with van der Waals surface area (Å²) in [6.07, 6.45) is 1.97. The van der Waals surface area contributed by atoms with E-state index in [1.807, 2.05) is 13.0 Å². The Balaban J connectivity index is 2.88. The number of hydrogen-bond donors (Lipinski definition) is 0. The van der Waals surface area contributed by atoms with Crippen molar-refractivity contribution in [2.45, 2.75) is 26.8 Å². The van der Waals surface area contributed by atoms with Crippen molar-refractivity contribution in [3.8, 4) is 6.07 Å². The normalized spacial score (nSPS) is 9.62. The number of nitrogens with zero attached hydrogens (tertiary/aromatic N) is 3. The monoisotopic (exact) mass is 177 g/mol.